The first-order chi connectivity index (χ1) is 16.0. The highest BCUT2D eigenvalue weighted by molar-refractivity contribution is 6.42. The molecule has 2 N–H and O–H groups in total. The predicted octanol–water partition coefficient (Wildman–Crippen LogP) is 3.50. The van der Waals surface area contributed by atoms with Gasteiger partial charge in [0, 0.05) is 37.3 Å². The number of carbonyl (C=O) groups is 2. The molecule has 0 aliphatic carbocycles. The number of nitrogens with one attached hydrogen (secondary N) is 2. The number of halogens is 2. The molecule has 170 valence electrons. The number of amides is 2. The Morgan fingerprint density at radius 1 is 1.06 bits per heavy atom. The van der Waals surface area contributed by atoms with Crippen LogP contribution in [-0.2, 0) is 30.7 Å². The molecule has 33 heavy (non-hydrogen) atoms. The Labute approximate surface area is 199 Å². The summed E-state index contributed by atoms with van der Waals surface area (Å²) in [6.07, 6.45) is 0.806. The summed E-state index contributed by atoms with van der Waals surface area (Å²) in [5, 5.41) is 10.9. The van der Waals surface area contributed by atoms with Crippen LogP contribution in [0.25, 0.3) is 0 Å². The molecule has 2 aromatic carbocycles. The molecule has 2 aliphatic rings. The van der Waals surface area contributed by atoms with Crippen LogP contribution in [0.2, 0.25) is 10.0 Å². The minimum absolute atomic E-state index is 0.0491. The van der Waals surface area contributed by atoms with E-state index in [1.165, 1.54) is 0 Å². The Bertz CT molecular complexity index is 1240. The van der Waals surface area contributed by atoms with Gasteiger partial charge in [-0.3, -0.25) is 14.7 Å². The number of aromatic nitrogens is 2. The molecule has 10 heteroatoms. The van der Waals surface area contributed by atoms with E-state index < -0.39 is 0 Å². The predicted molar refractivity (Wildman–Crippen MR) is 122 cm³/mol. The van der Waals surface area contributed by atoms with Crippen LogP contribution in [0.5, 0.6) is 11.5 Å². The molecular formula is C23H20Cl2N4O4. The first-order valence-corrected chi connectivity index (χ1v) is 11.2. The largest absolute Gasteiger partial charge is 0.454 e. The summed E-state index contributed by atoms with van der Waals surface area (Å²) in [5.41, 5.74) is 3.59. The fourth-order valence-electron chi connectivity index (χ4n) is 3.95. The number of H-pyrrole nitrogens is 1. The average Bonchev–Trinajstić information content (AvgIpc) is 3.46. The highest BCUT2D eigenvalue weighted by atomic mass is 35.5. The van der Waals surface area contributed by atoms with E-state index in [1.54, 1.807) is 23.1 Å². The van der Waals surface area contributed by atoms with Crippen molar-refractivity contribution in [3.8, 4) is 11.5 Å². The maximum absolute atomic E-state index is 12.9. The van der Waals surface area contributed by atoms with E-state index in [2.05, 4.69) is 15.5 Å². The Kier molecular flexibility index (Phi) is 5.86. The molecule has 0 atom stereocenters. The van der Waals surface area contributed by atoms with Gasteiger partial charge in [0.1, 0.15) is 0 Å². The van der Waals surface area contributed by atoms with E-state index in [1.807, 2.05) is 18.2 Å². The first-order valence-electron chi connectivity index (χ1n) is 10.4. The number of hydrogen-bond donors (Lipinski definition) is 2. The molecule has 3 aromatic rings. The van der Waals surface area contributed by atoms with Crippen molar-refractivity contribution in [2.45, 2.75) is 25.9 Å². The van der Waals surface area contributed by atoms with Crippen LogP contribution in [-0.4, -0.2) is 40.2 Å². The standard InChI is InChI=1S/C23H20Cl2N4O4/c24-16-3-1-13(7-17(16)25)9-21(30)29-6-5-18-15(11-29)22(28-27-18)23(31)26-10-14-2-4-19-20(8-14)33-12-32-19/h1-4,7-8H,5-6,9-12H2,(H,26,31)(H,27,28). The van der Waals surface area contributed by atoms with Gasteiger partial charge >= 0.3 is 0 Å². The minimum atomic E-state index is -0.302. The van der Waals surface area contributed by atoms with E-state index in [9.17, 15) is 9.59 Å². The molecule has 0 saturated carbocycles. The Morgan fingerprint density at radius 3 is 2.73 bits per heavy atom. The van der Waals surface area contributed by atoms with Crippen LogP contribution in [0.15, 0.2) is 36.4 Å². The third kappa shape index (κ3) is 4.49. The van der Waals surface area contributed by atoms with Crippen molar-refractivity contribution in [2.75, 3.05) is 13.3 Å². The van der Waals surface area contributed by atoms with Gasteiger partial charge in [-0.15, -0.1) is 0 Å². The van der Waals surface area contributed by atoms with Crippen molar-refractivity contribution >= 4 is 35.0 Å². The zero-order chi connectivity index (χ0) is 22.9. The molecule has 2 amide bonds. The molecular weight excluding hydrogens is 467 g/mol. The Balaban J connectivity index is 1.24. The molecule has 0 fully saturated rings. The molecule has 0 spiro atoms. The fourth-order valence-corrected chi connectivity index (χ4v) is 4.27. The zero-order valence-corrected chi connectivity index (χ0v) is 19.0. The second-order valence-electron chi connectivity index (χ2n) is 7.89. The molecule has 0 saturated heterocycles. The van der Waals surface area contributed by atoms with E-state index in [0.717, 1.165) is 22.4 Å². The number of nitrogens with zero attached hydrogens (tertiary/aromatic N) is 2. The molecule has 3 heterocycles. The Morgan fingerprint density at radius 2 is 1.88 bits per heavy atom. The number of fused-ring (bicyclic) bond motifs is 2. The number of aromatic amines is 1. The van der Waals surface area contributed by atoms with Gasteiger partial charge in [-0.1, -0.05) is 35.3 Å². The smallest absolute Gasteiger partial charge is 0.272 e. The van der Waals surface area contributed by atoms with Crippen molar-refractivity contribution in [2.24, 2.45) is 0 Å². The number of rotatable bonds is 5. The van der Waals surface area contributed by atoms with E-state index in [0.29, 0.717) is 53.3 Å². The summed E-state index contributed by atoms with van der Waals surface area (Å²) < 4.78 is 10.7. The molecule has 5 rings (SSSR count). The van der Waals surface area contributed by atoms with Crippen LogP contribution in [0.4, 0.5) is 0 Å². The monoisotopic (exact) mass is 486 g/mol. The maximum atomic E-state index is 12.9. The minimum Gasteiger partial charge on any atom is -0.454 e. The average molecular weight is 487 g/mol. The summed E-state index contributed by atoms with van der Waals surface area (Å²) in [6.45, 7) is 1.38. The molecule has 8 nitrogen and oxygen atoms in total. The highest BCUT2D eigenvalue weighted by Gasteiger charge is 2.28. The van der Waals surface area contributed by atoms with Gasteiger partial charge in [0.05, 0.1) is 16.5 Å². The molecule has 0 unspecified atom stereocenters. The van der Waals surface area contributed by atoms with Crippen molar-refractivity contribution in [1.82, 2.24) is 20.4 Å². The maximum Gasteiger partial charge on any atom is 0.272 e. The second-order valence-corrected chi connectivity index (χ2v) is 8.70. The lowest BCUT2D eigenvalue weighted by atomic mass is 10.0. The number of benzene rings is 2. The van der Waals surface area contributed by atoms with Crippen molar-refractivity contribution in [1.29, 1.82) is 0 Å². The molecule has 0 bridgehead atoms. The van der Waals surface area contributed by atoms with Gasteiger partial charge in [-0.25, -0.2) is 0 Å². The van der Waals surface area contributed by atoms with E-state index in [-0.39, 0.29) is 25.0 Å². The van der Waals surface area contributed by atoms with Crippen LogP contribution in [0.3, 0.4) is 0 Å². The van der Waals surface area contributed by atoms with Gasteiger partial charge in [0.15, 0.2) is 17.2 Å². The lowest BCUT2D eigenvalue weighted by molar-refractivity contribution is -0.131. The topological polar surface area (TPSA) is 96.6 Å². The lowest BCUT2D eigenvalue weighted by Gasteiger charge is -2.27. The zero-order valence-electron chi connectivity index (χ0n) is 17.5. The first kappa shape index (κ1) is 21.6. The van der Waals surface area contributed by atoms with Gasteiger partial charge in [0.25, 0.3) is 5.91 Å². The summed E-state index contributed by atoms with van der Waals surface area (Å²) in [4.78, 5) is 27.4. The summed E-state index contributed by atoms with van der Waals surface area (Å²) in [5.74, 6) is 1.00. The molecule has 2 aliphatic heterocycles. The summed E-state index contributed by atoms with van der Waals surface area (Å²) in [7, 11) is 0. The number of carbonyl (C=O) groups excluding carboxylic acids is 2. The second kappa shape index (κ2) is 8.96. The van der Waals surface area contributed by atoms with Crippen LogP contribution in [0, 0.1) is 0 Å². The van der Waals surface area contributed by atoms with E-state index >= 15 is 0 Å². The van der Waals surface area contributed by atoms with Crippen molar-refractivity contribution in [3.05, 3.63) is 74.5 Å². The van der Waals surface area contributed by atoms with Gasteiger partial charge in [-0.05, 0) is 35.4 Å². The third-order valence-electron chi connectivity index (χ3n) is 5.73. The fraction of sp³-hybridized carbons (Fsp3) is 0.261. The Hall–Kier alpha value is -3.23. The third-order valence-corrected chi connectivity index (χ3v) is 6.47. The van der Waals surface area contributed by atoms with Crippen LogP contribution in [0.1, 0.15) is 32.9 Å². The van der Waals surface area contributed by atoms with Crippen molar-refractivity contribution < 1.29 is 19.1 Å². The van der Waals surface area contributed by atoms with Crippen LogP contribution >= 0.6 is 23.2 Å². The highest BCUT2D eigenvalue weighted by Crippen LogP contribution is 2.32. The quantitative estimate of drug-likeness (QED) is 0.575. The van der Waals surface area contributed by atoms with Crippen molar-refractivity contribution in [3.63, 3.8) is 0 Å². The van der Waals surface area contributed by atoms with Gasteiger partial charge < -0.3 is 19.7 Å². The van der Waals surface area contributed by atoms with Gasteiger partial charge in [-0.2, -0.15) is 5.10 Å². The van der Waals surface area contributed by atoms with Gasteiger partial charge in [0.2, 0.25) is 12.7 Å². The van der Waals surface area contributed by atoms with E-state index in [4.69, 9.17) is 32.7 Å². The summed E-state index contributed by atoms with van der Waals surface area (Å²) >= 11 is 12.0. The SMILES string of the molecule is O=C(NCc1ccc2c(c1)OCO2)c1n[nH]c2c1CN(C(=O)Cc1ccc(Cl)c(Cl)c1)CC2. The van der Waals surface area contributed by atoms with Crippen LogP contribution < -0.4 is 14.8 Å². The molecule has 1 aromatic heterocycles. The number of hydrogen-bond acceptors (Lipinski definition) is 5. The normalized spacial score (nSPS) is 14.2. The lowest BCUT2D eigenvalue weighted by Crippen LogP contribution is -2.37. The summed E-state index contributed by atoms with van der Waals surface area (Å²) in [6, 6.07) is 10.7. The number of ether oxygens (including phenoxy) is 2. The molecule has 0 radical (unpaired) electrons.